The third-order valence-corrected chi connectivity index (χ3v) is 17.1. The van der Waals surface area contributed by atoms with Crippen LogP contribution in [0.4, 0.5) is 34.1 Å². The van der Waals surface area contributed by atoms with Crippen molar-refractivity contribution in [3.05, 3.63) is 165 Å². The first-order chi connectivity index (χ1) is 51.1. The van der Waals surface area contributed by atoms with E-state index < -0.39 is 13.1 Å². The van der Waals surface area contributed by atoms with Crippen molar-refractivity contribution in [3.8, 4) is 68.3 Å². The number of anilines is 6. The number of hydrogen-bond donors (Lipinski definition) is 3. The Hall–Kier alpha value is -11.3. The van der Waals surface area contributed by atoms with Gasteiger partial charge in [-0.2, -0.15) is 15.3 Å². The molecule has 1 aliphatic heterocycles. The molecule has 13 rings (SSSR count). The van der Waals surface area contributed by atoms with Crippen LogP contribution in [-0.2, 0) is 23.6 Å². The molecule has 2 atom stereocenters. The summed E-state index contributed by atoms with van der Waals surface area (Å²) in [6.07, 6.45) is 18.7. The molecule has 1 aliphatic rings. The summed E-state index contributed by atoms with van der Waals surface area (Å²) in [4.78, 5) is 46.8. The van der Waals surface area contributed by atoms with Crippen LogP contribution in [0.1, 0.15) is 79.6 Å². The van der Waals surface area contributed by atoms with E-state index in [1.165, 1.54) is 13.2 Å². The minimum absolute atomic E-state index is 0. The van der Waals surface area contributed by atoms with Crippen molar-refractivity contribution in [1.82, 2.24) is 64.6 Å². The fourth-order valence-corrected chi connectivity index (χ4v) is 11.6. The van der Waals surface area contributed by atoms with E-state index in [0.717, 1.165) is 104 Å². The Kier molecular flexibility index (Phi) is 26.8. The van der Waals surface area contributed by atoms with E-state index >= 15 is 0 Å². The number of fused-ring (bicyclic) bond motifs is 3. The number of aryl methyl sites for hydroxylation is 2. The summed E-state index contributed by atoms with van der Waals surface area (Å²) in [5, 5.41) is 36.9. The summed E-state index contributed by atoms with van der Waals surface area (Å²) in [6.45, 7) is 9.78. The van der Waals surface area contributed by atoms with Crippen molar-refractivity contribution in [1.29, 1.82) is 0 Å². The second-order valence-electron chi connectivity index (χ2n) is 25.1. The molecule has 7 heterocycles. The first-order valence-electron chi connectivity index (χ1n) is 35.2. The molecule has 0 bridgehead atoms. The Morgan fingerprint density at radius 1 is 0.538 bits per heavy atom. The number of ketones is 1. The lowest BCUT2D eigenvalue weighted by atomic mass is 10.1. The Balaban J connectivity index is 0.000000203. The van der Waals surface area contributed by atoms with Crippen molar-refractivity contribution in [2.45, 2.75) is 87.6 Å². The molecule has 0 spiro atoms. The lowest BCUT2D eigenvalue weighted by Crippen LogP contribution is -2.38. The molecule has 26 nitrogen and oxygen atoms in total. The molecule has 12 aromatic rings. The zero-order chi connectivity index (χ0) is 75.2. The molecule has 3 N–H and O–H groups in total. The van der Waals surface area contributed by atoms with E-state index in [1.54, 1.807) is 93.2 Å². The second-order valence-corrected chi connectivity index (χ2v) is 25.1. The van der Waals surface area contributed by atoms with E-state index in [-0.39, 0.29) is 71.7 Å². The molecule has 560 valence electrons. The van der Waals surface area contributed by atoms with E-state index in [4.69, 9.17) is 52.2 Å². The highest BCUT2D eigenvalue weighted by molar-refractivity contribution is 5.90. The highest BCUT2D eigenvalue weighted by Crippen LogP contribution is 2.39. The molecule has 0 saturated carbocycles. The standard InChI is InChI=1S/C26H32N6O3.C26H29N5O4.C25H27N5O3.3CH4/c1-17(2)27-13-21(33)16-32(20-8-22(34-4)11-23(9-20)35-5)19-6-7-24-25(10-19)30-26(14-28-24)18-12-29-31(3)15-18;1-33-21-11-20(12-22(14-21)34-2)30(8-9-32)19-6-7-23-24(13-19)29-25(16-27-23)18-15-28-31(17-18)26-5-3-4-10-35-26;1-16(2)25(31)15-30(19-8-20(32-4)11-21(9-19)33-5)18-6-7-22-23(10-18)28-24(13-26-22)17-12-27-29(3)14-17;;;/h6-12,14-15,17,21,27,33H,13,16H2,1-5H3;6-7,11-17,26,32H,3-5,8-10H2,1-2H3;6-14,16H,15H2,1-5H3;3*1H4/i;1D3;;;;. The predicted molar refractivity (Wildman–Crippen MR) is 419 cm³/mol. The fourth-order valence-electron chi connectivity index (χ4n) is 11.6. The van der Waals surface area contributed by atoms with Crippen LogP contribution in [0, 0.1) is 5.92 Å². The average Bonchev–Trinajstić information content (AvgIpc) is 1.71. The maximum atomic E-state index is 12.8. The fraction of sp³-hybridized carbons (Fsp3) is 0.350. The van der Waals surface area contributed by atoms with Gasteiger partial charge in [0.1, 0.15) is 40.7 Å². The topological polar surface area (TPSA) is 275 Å². The number of carbonyl (C=O) groups excluding carboxylic acids is 1. The molecule has 0 aliphatic carbocycles. The molecule has 26 heteroatoms. The molecule has 2 unspecified atom stereocenters. The van der Waals surface area contributed by atoms with Crippen LogP contribution >= 0.6 is 0 Å². The number of aromatic nitrogens is 12. The maximum Gasteiger partial charge on any atom is 0.155 e. The first-order valence-corrected chi connectivity index (χ1v) is 33.7. The van der Waals surface area contributed by atoms with Gasteiger partial charge in [0.25, 0.3) is 0 Å². The van der Waals surface area contributed by atoms with Gasteiger partial charge in [0, 0.05) is 170 Å². The van der Waals surface area contributed by atoms with Crippen LogP contribution in [0.5, 0.6) is 34.5 Å². The van der Waals surface area contributed by atoms with Crippen LogP contribution in [0.25, 0.3) is 66.9 Å². The average molecular weight is 1450 g/mol. The SMILES string of the molecule is C.C.C.COc1cc(OC)cc(N(CC(=O)C(C)C)c2ccc3ncc(-c4cnn(C)c4)nc3c2)c1.COc1cc(OC)cc(N(CC(O)CNC(C)C)c2ccc3ncc(-c4cnn(C)c4)nc3c2)c1.[2H]C([2H])([2H])Oc1cc(OC)cc(N(CCO)c2ccc3ncc(-c4cnn(C5CCCCO5)c4)nc3c2)c1. The van der Waals surface area contributed by atoms with E-state index in [1.807, 2.05) is 151 Å². The summed E-state index contributed by atoms with van der Waals surface area (Å²) >= 11 is 0. The predicted octanol–water partition coefficient (Wildman–Crippen LogP) is 14.2. The Bertz CT molecular complexity index is 4930. The normalized spacial score (nSPS) is 13.2. The smallest absolute Gasteiger partial charge is 0.155 e. The Morgan fingerprint density at radius 3 is 1.35 bits per heavy atom. The molecule has 6 aromatic carbocycles. The Labute approximate surface area is 624 Å². The summed E-state index contributed by atoms with van der Waals surface area (Å²) in [5.74, 6) is 3.19. The van der Waals surface area contributed by atoms with Gasteiger partial charge in [-0.1, -0.05) is 50.0 Å². The maximum absolute atomic E-state index is 12.8. The van der Waals surface area contributed by atoms with Crippen LogP contribution in [0.15, 0.2) is 165 Å². The minimum atomic E-state index is -2.61. The van der Waals surface area contributed by atoms with Gasteiger partial charge in [-0.05, 0) is 73.9 Å². The van der Waals surface area contributed by atoms with Gasteiger partial charge in [0.2, 0.25) is 0 Å². The number of hydrogen-bond acceptors (Lipinski definition) is 23. The van der Waals surface area contributed by atoms with Crippen molar-refractivity contribution < 1.29 is 52.3 Å². The molecule has 106 heavy (non-hydrogen) atoms. The number of rotatable bonds is 26. The number of aliphatic hydroxyl groups excluding tert-OH is 2. The highest BCUT2D eigenvalue weighted by atomic mass is 16.5. The number of Topliss-reactive ketones (excluding diaryl/α,β-unsaturated/α-hetero) is 1. The van der Waals surface area contributed by atoms with Crippen LogP contribution in [0.2, 0.25) is 0 Å². The minimum Gasteiger partial charge on any atom is -0.497 e. The number of carbonyl (C=O) groups is 1. The second kappa shape index (κ2) is 37.4. The lowest BCUT2D eigenvalue weighted by molar-refractivity contribution is -0.120. The van der Waals surface area contributed by atoms with Gasteiger partial charge in [-0.3, -0.25) is 29.1 Å². The van der Waals surface area contributed by atoms with Gasteiger partial charge >= 0.3 is 0 Å². The van der Waals surface area contributed by atoms with Gasteiger partial charge in [-0.25, -0.2) is 19.6 Å². The molecular formula is C80H100N16O10. The molecule has 1 saturated heterocycles. The number of ether oxygens (including phenoxy) is 7. The van der Waals surface area contributed by atoms with Crippen molar-refractivity contribution >= 4 is 73.0 Å². The van der Waals surface area contributed by atoms with Crippen LogP contribution in [-0.4, -0.2) is 169 Å². The zero-order valence-corrected chi connectivity index (χ0v) is 59.6. The van der Waals surface area contributed by atoms with Crippen molar-refractivity contribution in [3.63, 3.8) is 0 Å². The molecular weight excluding hydrogens is 1340 g/mol. The largest absolute Gasteiger partial charge is 0.497 e. The Morgan fingerprint density at radius 2 is 0.953 bits per heavy atom. The van der Waals surface area contributed by atoms with Crippen LogP contribution < -0.4 is 48.4 Å². The van der Waals surface area contributed by atoms with Gasteiger partial charge in [0.05, 0.1) is 160 Å². The summed E-state index contributed by atoms with van der Waals surface area (Å²) in [6, 6.07) is 33.7. The van der Waals surface area contributed by atoms with E-state index in [0.29, 0.717) is 64.3 Å². The summed E-state index contributed by atoms with van der Waals surface area (Å²) < 4.78 is 65.9. The number of nitrogens with zero attached hydrogens (tertiary/aromatic N) is 15. The summed E-state index contributed by atoms with van der Waals surface area (Å²) in [7, 11) is 9.06. The lowest BCUT2D eigenvalue weighted by Gasteiger charge is -2.29. The monoisotopic (exact) mass is 1450 g/mol. The highest BCUT2D eigenvalue weighted by Gasteiger charge is 2.23. The first kappa shape index (κ1) is 75.8. The van der Waals surface area contributed by atoms with Gasteiger partial charge in [0.15, 0.2) is 5.78 Å². The number of methoxy groups -OCH3 is 6. The van der Waals surface area contributed by atoms with E-state index in [9.17, 15) is 15.0 Å². The molecule has 0 amide bonds. The van der Waals surface area contributed by atoms with Gasteiger partial charge < -0.3 is 63.4 Å². The third kappa shape index (κ3) is 19.9. The van der Waals surface area contributed by atoms with Crippen LogP contribution in [0.3, 0.4) is 0 Å². The quantitative estimate of drug-likeness (QED) is 0.0454. The van der Waals surface area contributed by atoms with Crippen molar-refractivity contribution in [2.24, 2.45) is 20.0 Å². The zero-order valence-electron chi connectivity index (χ0n) is 62.6. The van der Waals surface area contributed by atoms with Crippen molar-refractivity contribution in [2.75, 3.05) is 96.7 Å². The molecule has 0 radical (unpaired) electrons. The van der Waals surface area contributed by atoms with Gasteiger partial charge in [-0.15, -0.1) is 0 Å². The number of benzene rings is 6. The molecule has 1 fully saturated rings. The number of aliphatic hydroxyl groups is 2. The summed E-state index contributed by atoms with van der Waals surface area (Å²) in [5.41, 5.74) is 13.8. The molecule has 6 aromatic heterocycles. The third-order valence-electron chi connectivity index (χ3n) is 17.1. The van der Waals surface area contributed by atoms with E-state index in [2.05, 4.69) is 49.4 Å². The number of nitrogens with one attached hydrogen (secondary N) is 1.